The summed E-state index contributed by atoms with van der Waals surface area (Å²) in [5.41, 5.74) is 0.981. The minimum atomic E-state index is -3.09. The number of hydrogen-bond acceptors (Lipinski definition) is 2. The Hall–Kier alpha value is -0.830. The van der Waals surface area contributed by atoms with Crippen molar-refractivity contribution >= 4 is 9.84 Å². The third kappa shape index (κ3) is 2.64. The fourth-order valence-electron chi connectivity index (χ4n) is 1.99. The lowest BCUT2D eigenvalue weighted by atomic mass is 9.89. The van der Waals surface area contributed by atoms with Crippen LogP contribution < -0.4 is 0 Å². The normalized spacial score (nSPS) is 22.1. The van der Waals surface area contributed by atoms with E-state index in [4.69, 9.17) is 0 Å². The lowest BCUT2D eigenvalue weighted by molar-refractivity contribution is 0.590. The molecule has 0 saturated carbocycles. The molecule has 3 heteroatoms. The van der Waals surface area contributed by atoms with E-state index in [9.17, 15) is 8.42 Å². The summed E-state index contributed by atoms with van der Waals surface area (Å²) in [5, 5.41) is 0. The molecule has 0 heterocycles. The van der Waals surface area contributed by atoms with Crippen LogP contribution in [-0.2, 0) is 9.84 Å². The van der Waals surface area contributed by atoms with Gasteiger partial charge in [-0.05, 0) is 37.3 Å². The molecule has 0 aromatic rings. The molecule has 90 valence electrons. The topological polar surface area (TPSA) is 34.1 Å². The summed E-state index contributed by atoms with van der Waals surface area (Å²) in [6.45, 7) is 5.72. The molecule has 1 atom stereocenters. The van der Waals surface area contributed by atoms with Gasteiger partial charge in [-0.3, -0.25) is 0 Å². The smallest absolute Gasteiger partial charge is 0.178 e. The Morgan fingerprint density at radius 2 is 2.12 bits per heavy atom. The minimum absolute atomic E-state index is 0.171. The Morgan fingerprint density at radius 3 is 2.62 bits per heavy atom. The fourth-order valence-corrected chi connectivity index (χ4v) is 3.20. The van der Waals surface area contributed by atoms with Crippen molar-refractivity contribution < 1.29 is 8.42 Å². The molecular weight excluding hydrogens is 220 g/mol. The van der Waals surface area contributed by atoms with Crippen LogP contribution in [0, 0.1) is 5.92 Å². The van der Waals surface area contributed by atoms with Gasteiger partial charge < -0.3 is 0 Å². The van der Waals surface area contributed by atoms with Crippen molar-refractivity contribution in [3.63, 3.8) is 0 Å². The van der Waals surface area contributed by atoms with Gasteiger partial charge in [-0.15, -0.1) is 0 Å². The summed E-state index contributed by atoms with van der Waals surface area (Å²) in [6.07, 6.45) is 9.53. The van der Waals surface area contributed by atoms with Crippen LogP contribution in [0.4, 0.5) is 0 Å². The fraction of sp³-hybridized carbons (Fsp3) is 0.538. The van der Waals surface area contributed by atoms with Gasteiger partial charge in [-0.1, -0.05) is 32.1 Å². The second-order valence-corrected chi connectivity index (χ2v) is 6.21. The lowest BCUT2D eigenvalue weighted by Crippen LogP contribution is -2.14. The van der Waals surface area contributed by atoms with Crippen molar-refractivity contribution in [3.8, 4) is 0 Å². The third-order valence-electron chi connectivity index (χ3n) is 2.97. The van der Waals surface area contributed by atoms with Crippen LogP contribution in [0.5, 0.6) is 0 Å². The van der Waals surface area contributed by atoms with Crippen molar-refractivity contribution in [2.45, 2.75) is 33.6 Å². The predicted molar refractivity (Wildman–Crippen MR) is 68.8 cm³/mol. The zero-order valence-electron chi connectivity index (χ0n) is 10.2. The van der Waals surface area contributed by atoms with E-state index in [1.807, 2.05) is 25.2 Å². The van der Waals surface area contributed by atoms with Gasteiger partial charge in [0.25, 0.3) is 0 Å². The van der Waals surface area contributed by atoms with Crippen LogP contribution in [0.1, 0.15) is 33.6 Å². The van der Waals surface area contributed by atoms with E-state index in [-0.39, 0.29) is 5.75 Å². The molecule has 0 aromatic heterocycles. The van der Waals surface area contributed by atoms with Crippen molar-refractivity contribution in [1.82, 2.24) is 0 Å². The van der Waals surface area contributed by atoms with E-state index in [1.54, 1.807) is 13.0 Å². The molecule has 0 radical (unpaired) electrons. The van der Waals surface area contributed by atoms with Gasteiger partial charge in [-0.25, -0.2) is 8.42 Å². The highest BCUT2D eigenvalue weighted by atomic mass is 32.2. The van der Waals surface area contributed by atoms with Gasteiger partial charge in [0.05, 0.1) is 10.7 Å². The van der Waals surface area contributed by atoms with E-state index in [2.05, 4.69) is 6.92 Å². The Balaban J connectivity index is 3.32. The van der Waals surface area contributed by atoms with Crippen LogP contribution in [0.3, 0.4) is 0 Å². The standard InChI is InChI=1S/C13H20O2S/c1-4-8-12-11(5-2)9-7-10-13(12)16(14,15)6-3/h4,7-8,10-11H,5-6,9H2,1-3H3/b8-4-. The van der Waals surface area contributed by atoms with Crippen LogP contribution >= 0.6 is 0 Å². The second kappa shape index (κ2) is 5.48. The Bertz CT molecular complexity index is 425. The lowest BCUT2D eigenvalue weighted by Gasteiger charge is -2.21. The van der Waals surface area contributed by atoms with E-state index >= 15 is 0 Å². The first-order valence-electron chi connectivity index (χ1n) is 5.83. The number of allylic oxidation sites excluding steroid dienone is 5. The van der Waals surface area contributed by atoms with Crippen LogP contribution in [0.15, 0.2) is 34.8 Å². The molecule has 0 aromatic carbocycles. The average Bonchev–Trinajstić information content (AvgIpc) is 2.29. The summed E-state index contributed by atoms with van der Waals surface area (Å²) in [7, 11) is -3.09. The molecule has 1 unspecified atom stereocenters. The maximum absolute atomic E-state index is 12.0. The minimum Gasteiger partial charge on any atom is -0.224 e. The zero-order chi connectivity index (χ0) is 12.2. The summed E-state index contributed by atoms with van der Waals surface area (Å²) in [4.78, 5) is 0.520. The number of sulfone groups is 1. The van der Waals surface area contributed by atoms with Crippen LogP contribution in [0.25, 0.3) is 0 Å². The Morgan fingerprint density at radius 1 is 1.44 bits per heavy atom. The molecule has 0 amide bonds. The Labute approximate surface area is 98.7 Å². The van der Waals surface area contributed by atoms with Gasteiger partial charge >= 0.3 is 0 Å². The summed E-state index contributed by atoms with van der Waals surface area (Å²) >= 11 is 0. The predicted octanol–water partition coefficient (Wildman–Crippen LogP) is 3.24. The molecule has 0 bridgehead atoms. The van der Waals surface area contributed by atoms with Crippen LogP contribution in [-0.4, -0.2) is 14.2 Å². The van der Waals surface area contributed by atoms with Crippen molar-refractivity contribution in [2.24, 2.45) is 5.92 Å². The quantitative estimate of drug-likeness (QED) is 0.756. The number of hydrogen-bond donors (Lipinski definition) is 0. The first-order valence-corrected chi connectivity index (χ1v) is 7.48. The molecule has 0 N–H and O–H groups in total. The van der Waals surface area contributed by atoms with Crippen molar-refractivity contribution in [2.75, 3.05) is 5.75 Å². The molecule has 1 aliphatic carbocycles. The third-order valence-corrected chi connectivity index (χ3v) is 4.77. The van der Waals surface area contributed by atoms with Gasteiger partial charge in [0.15, 0.2) is 9.84 Å². The molecular formula is C13H20O2S. The van der Waals surface area contributed by atoms with Crippen LogP contribution in [0.2, 0.25) is 0 Å². The highest BCUT2D eigenvalue weighted by Gasteiger charge is 2.23. The summed E-state index contributed by atoms with van der Waals surface area (Å²) in [5.74, 6) is 0.516. The maximum atomic E-state index is 12.0. The highest BCUT2D eigenvalue weighted by molar-refractivity contribution is 7.95. The monoisotopic (exact) mass is 240 g/mol. The molecule has 2 nitrogen and oxygen atoms in total. The van der Waals surface area contributed by atoms with Crippen molar-refractivity contribution in [1.29, 1.82) is 0 Å². The first-order chi connectivity index (χ1) is 7.56. The molecule has 0 aliphatic heterocycles. The summed E-state index contributed by atoms with van der Waals surface area (Å²) < 4.78 is 23.9. The van der Waals surface area contributed by atoms with E-state index in [0.717, 1.165) is 18.4 Å². The first kappa shape index (κ1) is 13.2. The SMILES string of the molecule is C/C=C\C1=C(S(=O)(=O)CC)C=CCC1CC. The maximum Gasteiger partial charge on any atom is 0.178 e. The molecule has 0 spiro atoms. The van der Waals surface area contributed by atoms with Gasteiger partial charge in [-0.2, -0.15) is 0 Å². The average molecular weight is 240 g/mol. The van der Waals surface area contributed by atoms with Crippen molar-refractivity contribution in [3.05, 3.63) is 34.8 Å². The molecule has 1 aliphatic rings. The summed E-state index contributed by atoms with van der Waals surface area (Å²) in [6, 6.07) is 0. The highest BCUT2D eigenvalue weighted by Crippen LogP contribution is 2.31. The molecule has 1 rings (SSSR count). The van der Waals surface area contributed by atoms with E-state index < -0.39 is 9.84 Å². The zero-order valence-corrected chi connectivity index (χ0v) is 11.0. The largest absolute Gasteiger partial charge is 0.224 e. The Kier molecular flexibility index (Phi) is 4.54. The molecule has 0 fully saturated rings. The second-order valence-electron chi connectivity index (χ2n) is 3.97. The van der Waals surface area contributed by atoms with Gasteiger partial charge in [0, 0.05) is 0 Å². The van der Waals surface area contributed by atoms with Gasteiger partial charge in [0.1, 0.15) is 0 Å². The molecule has 16 heavy (non-hydrogen) atoms. The van der Waals surface area contributed by atoms with E-state index in [1.165, 1.54) is 0 Å². The van der Waals surface area contributed by atoms with E-state index in [0.29, 0.717) is 10.8 Å². The van der Waals surface area contributed by atoms with Gasteiger partial charge in [0.2, 0.25) is 0 Å². The molecule has 0 saturated heterocycles. The number of rotatable bonds is 4.